The number of carbonyl (C=O) groups excluding carboxylic acids is 1. The summed E-state index contributed by atoms with van der Waals surface area (Å²) in [5, 5.41) is 16.6. The van der Waals surface area contributed by atoms with E-state index in [-0.39, 0.29) is 12.4 Å². The van der Waals surface area contributed by atoms with Crippen molar-refractivity contribution in [3.63, 3.8) is 0 Å². The Balaban J connectivity index is 1.29. The molecule has 4 aromatic rings. The van der Waals surface area contributed by atoms with Crippen molar-refractivity contribution < 1.29 is 24.0 Å². The number of aromatic nitrogens is 2. The molecule has 0 atom stereocenters. The number of thiazole rings is 1. The molecule has 0 spiro atoms. The molecule has 1 amide bonds. The van der Waals surface area contributed by atoms with Gasteiger partial charge in [-0.25, -0.2) is 9.78 Å². The molecule has 3 heterocycles. The third-order valence-corrected chi connectivity index (χ3v) is 7.59. The fourth-order valence-electron chi connectivity index (χ4n) is 3.29. The normalized spacial score (nSPS) is 13.8. The number of rotatable bonds is 5. The number of carboxylic acid groups (broad SMARTS) is 1. The number of hydrogen-bond donors (Lipinski definition) is 2. The van der Waals surface area contributed by atoms with E-state index >= 15 is 0 Å². The fraction of sp³-hybridized carbons (Fsp3) is 0.217. The van der Waals surface area contributed by atoms with E-state index in [1.165, 1.54) is 22.7 Å². The Labute approximate surface area is 196 Å². The molecule has 0 bridgehead atoms. The second-order valence-corrected chi connectivity index (χ2v) is 9.66. The van der Waals surface area contributed by atoms with E-state index < -0.39 is 17.5 Å². The van der Waals surface area contributed by atoms with Crippen molar-refractivity contribution in [3.8, 4) is 11.8 Å². The molecule has 33 heavy (non-hydrogen) atoms. The van der Waals surface area contributed by atoms with E-state index in [2.05, 4.69) is 27.3 Å². The fourth-order valence-corrected chi connectivity index (χ4v) is 5.60. The van der Waals surface area contributed by atoms with E-state index in [0.717, 1.165) is 20.0 Å². The maximum atomic E-state index is 12.2. The Hall–Kier alpha value is -3.68. The van der Waals surface area contributed by atoms with Gasteiger partial charge in [-0.15, -0.1) is 22.7 Å². The second kappa shape index (κ2) is 8.35. The Bertz CT molecular complexity index is 1390. The summed E-state index contributed by atoms with van der Waals surface area (Å²) in [6.07, 6.45) is 0.692. The number of fused-ring (bicyclic) bond motifs is 1. The second-order valence-electron chi connectivity index (χ2n) is 7.60. The molecule has 166 valence electrons. The molecule has 1 aliphatic carbocycles. The SMILES string of the molecule is Cc1noc(C#Cc2nc3sc(C4(C(=O)O)CC4)cc3s2)c1NC(=O)OCc1ccccc1. The largest absolute Gasteiger partial charge is 0.481 e. The molecule has 5 rings (SSSR count). The molecule has 1 saturated carbocycles. The number of amides is 1. The van der Waals surface area contributed by atoms with Crippen LogP contribution in [0, 0.1) is 18.8 Å². The number of anilines is 1. The highest BCUT2D eigenvalue weighted by molar-refractivity contribution is 7.27. The lowest BCUT2D eigenvalue weighted by Gasteiger charge is -2.06. The van der Waals surface area contributed by atoms with E-state index in [1.807, 2.05) is 36.4 Å². The highest BCUT2D eigenvalue weighted by Crippen LogP contribution is 2.52. The average Bonchev–Trinajstić information content (AvgIpc) is 3.24. The van der Waals surface area contributed by atoms with Crippen LogP contribution in [0.4, 0.5) is 10.5 Å². The molecular weight excluding hydrogens is 462 g/mol. The Morgan fingerprint density at radius 2 is 2.03 bits per heavy atom. The molecule has 0 saturated heterocycles. The standard InChI is InChI=1S/C23H17N3O5S2/c1-13-19(25-22(29)30-12-14-5-3-2-4-6-14)15(31-26-13)7-8-18-24-20-16(32-18)11-17(33-20)23(9-10-23)21(27)28/h2-6,11H,9-10,12H2,1H3,(H,25,29)(H,27,28). The summed E-state index contributed by atoms with van der Waals surface area (Å²) in [5.74, 6) is 5.23. The van der Waals surface area contributed by atoms with Crippen LogP contribution in [0.3, 0.4) is 0 Å². The monoisotopic (exact) mass is 479 g/mol. The summed E-state index contributed by atoms with van der Waals surface area (Å²) in [6.45, 7) is 1.83. The lowest BCUT2D eigenvalue weighted by Crippen LogP contribution is -2.17. The van der Waals surface area contributed by atoms with Gasteiger partial charge in [-0.3, -0.25) is 10.1 Å². The first kappa shape index (κ1) is 21.2. The van der Waals surface area contributed by atoms with Gasteiger partial charge in [0.1, 0.15) is 28.2 Å². The van der Waals surface area contributed by atoms with Gasteiger partial charge < -0.3 is 14.4 Å². The predicted molar refractivity (Wildman–Crippen MR) is 124 cm³/mol. The molecule has 2 N–H and O–H groups in total. The Morgan fingerprint density at radius 1 is 1.24 bits per heavy atom. The first-order valence-corrected chi connectivity index (χ1v) is 11.7. The van der Waals surface area contributed by atoms with Crippen molar-refractivity contribution in [3.05, 3.63) is 63.3 Å². The van der Waals surface area contributed by atoms with E-state index in [4.69, 9.17) is 9.26 Å². The topological polar surface area (TPSA) is 115 Å². The molecule has 0 unspecified atom stereocenters. The minimum absolute atomic E-state index is 0.138. The number of aliphatic carboxylic acids is 1. The molecule has 1 aliphatic rings. The molecular formula is C23H17N3O5S2. The number of nitrogens with zero attached hydrogens (tertiary/aromatic N) is 2. The third-order valence-electron chi connectivity index (χ3n) is 5.31. The van der Waals surface area contributed by atoms with Crippen LogP contribution in [0.1, 0.15) is 39.7 Å². The van der Waals surface area contributed by atoms with Crippen molar-refractivity contribution in [2.75, 3.05) is 5.32 Å². The lowest BCUT2D eigenvalue weighted by molar-refractivity contribution is -0.139. The minimum atomic E-state index is -0.778. The van der Waals surface area contributed by atoms with Crippen LogP contribution in [-0.2, 0) is 21.6 Å². The number of nitrogens with one attached hydrogen (secondary N) is 1. The first-order chi connectivity index (χ1) is 15.9. The van der Waals surface area contributed by atoms with Gasteiger partial charge in [0.15, 0.2) is 5.01 Å². The molecule has 1 aromatic carbocycles. The molecule has 1 fully saturated rings. The quantitative estimate of drug-likeness (QED) is 0.391. The van der Waals surface area contributed by atoms with Gasteiger partial charge in [-0.2, -0.15) is 0 Å². The zero-order valence-corrected chi connectivity index (χ0v) is 19.0. The van der Waals surface area contributed by atoms with Crippen LogP contribution in [0.15, 0.2) is 40.9 Å². The van der Waals surface area contributed by atoms with Crippen molar-refractivity contribution in [1.29, 1.82) is 0 Å². The number of carbonyl (C=O) groups is 2. The van der Waals surface area contributed by atoms with Gasteiger partial charge in [0.25, 0.3) is 0 Å². The highest BCUT2D eigenvalue weighted by Gasteiger charge is 2.53. The van der Waals surface area contributed by atoms with Crippen LogP contribution in [-0.4, -0.2) is 27.3 Å². The summed E-state index contributed by atoms with van der Waals surface area (Å²) in [5.41, 5.74) is 0.962. The van der Waals surface area contributed by atoms with Gasteiger partial charge in [0.05, 0.1) is 4.70 Å². The van der Waals surface area contributed by atoms with Gasteiger partial charge in [-0.1, -0.05) is 35.5 Å². The van der Waals surface area contributed by atoms with E-state index in [1.54, 1.807) is 6.92 Å². The maximum absolute atomic E-state index is 12.2. The summed E-state index contributed by atoms with van der Waals surface area (Å²) in [4.78, 5) is 29.9. The molecule has 10 heteroatoms. The van der Waals surface area contributed by atoms with Crippen molar-refractivity contribution in [2.45, 2.75) is 31.8 Å². The predicted octanol–water partition coefficient (Wildman–Crippen LogP) is 4.92. The number of hydrogen-bond acceptors (Lipinski definition) is 8. The number of thiophene rings is 1. The molecule has 0 radical (unpaired) electrons. The zero-order valence-electron chi connectivity index (χ0n) is 17.4. The van der Waals surface area contributed by atoms with Gasteiger partial charge in [0.2, 0.25) is 5.76 Å². The molecule has 3 aromatic heterocycles. The Morgan fingerprint density at radius 3 is 2.73 bits per heavy atom. The van der Waals surface area contributed by atoms with Crippen molar-refractivity contribution >= 4 is 50.0 Å². The summed E-state index contributed by atoms with van der Waals surface area (Å²) in [6, 6.07) is 11.3. The maximum Gasteiger partial charge on any atom is 0.412 e. The lowest BCUT2D eigenvalue weighted by atomic mass is 10.1. The van der Waals surface area contributed by atoms with Gasteiger partial charge >= 0.3 is 12.1 Å². The summed E-state index contributed by atoms with van der Waals surface area (Å²) < 4.78 is 11.4. The number of carboxylic acids is 1. The van der Waals surface area contributed by atoms with Crippen molar-refractivity contribution in [2.24, 2.45) is 0 Å². The molecule has 0 aliphatic heterocycles. The number of ether oxygens (including phenoxy) is 1. The number of benzene rings is 1. The Kier molecular flexibility index (Phi) is 5.36. The smallest absolute Gasteiger partial charge is 0.412 e. The van der Waals surface area contributed by atoms with Crippen LogP contribution in [0.25, 0.3) is 9.53 Å². The number of aryl methyl sites for hydroxylation is 1. The van der Waals surface area contributed by atoms with Crippen molar-refractivity contribution in [1.82, 2.24) is 10.1 Å². The van der Waals surface area contributed by atoms with Crippen LogP contribution in [0.2, 0.25) is 0 Å². The third kappa shape index (κ3) is 4.20. The summed E-state index contributed by atoms with van der Waals surface area (Å²) >= 11 is 2.78. The van der Waals surface area contributed by atoms with Crippen LogP contribution in [0.5, 0.6) is 0 Å². The zero-order chi connectivity index (χ0) is 23.0. The van der Waals surface area contributed by atoms with E-state index in [0.29, 0.717) is 29.2 Å². The van der Waals surface area contributed by atoms with Crippen LogP contribution >= 0.6 is 22.7 Å². The van der Waals surface area contributed by atoms with E-state index in [9.17, 15) is 14.7 Å². The highest BCUT2D eigenvalue weighted by atomic mass is 32.1. The minimum Gasteiger partial charge on any atom is -0.481 e. The molecule has 8 nitrogen and oxygen atoms in total. The van der Waals surface area contributed by atoms with Gasteiger partial charge in [-0.05, 0) is 43.2 Å². The average molecular weight is 480 g/mol. The van der Waals surface area contributed by atoms with Crippen LogP contribution < -0.4 is 5.32 Å². The summed E-state index contributed by atoms with van der Waals surface area (Å²) in [7, 11) is 0. The van der Waals surface area contributed by atoms with Gasteiger partial charge in [0, 0.05) is 4.88 Å². The first-order valence-electron chi connectivity index (χ1n) is 10.0.